The molecule has 0 saturated heterocycles. The van der Waals surface area contributed by atoms with Crippen LogP contribution in [0, 0.1) is 0 Å². The first-order valence-electron chi connectivity index (χ1n) is 7.63. The van der Waals surface area contributed by atoms with Gasteiger partial charge in [0.1, 0.15) is 17.4 Å². The minimum atomic E-state index is 0. The molecular formula is C18H14ClN3O3. The zero-order chi connectivity index (χ0) is 15.9. The van der Waals surface area contributed by atoms with Crippen molar-refractivity contribution in [3.05, 3.63) is 54.4 Å². The number of hydrogen-bond acceptors (Lipinski definition) is 6. The maximum atomic E-state index is 5.91. The van der Waals surface area contributed by atoms with Gasteiger partial charge in [0, 0.05) is 11.9 Å². The Morgan fingerprint density at radius 2 is 1.88 bits per heavy atom. The summed E-state index contributed by atoms with van der Waals surface area (Å²) in [5.41, 5.74) is 3.36. The van der Waals surface area contributed by atoms with E-state index in [4.69, 9.17) is 13.9 Å². The van der Waals surface area contributed by atoms with Gasteiger partial charge in [0.05, 0.1) is 0 Å². The summed E-state index contributed by atoms with van der Waals surface area (Å²) < 4.78 is 16.7. The first-order valence-corrected chi connectivity index (χ1v) is 7.63. The largest absolute Gasteiger partial charge is 0.454 e. The zero-order valence-corrected chi connectivity index (χ0v) is 13.9. The van der Waals surface area contributed by atoms with Crippen LogP contribution in [-0.2, 0) is 6.54 Å². The Labute approximate surface area is 149 Å². The van der Waals surface area contributed by atoms with E-state index < -0.39 is 0 Å². The lowest BCUT2D eigenvalue weighted by Gasteiger charge is -2.06. The maximum Gasteiger partial charge on any atom is 0.231 e. The van der Waals surface area contributed by atoms with Gasteiger partial charge in [-0.15, -0.1) is 12.4 Å². The average Bonchev–Trinajstić information content (AvgIpc) is 3.24. The van der Waals surface area contributed by atoms with Crippen molar-refractivity contribution in [2.24, 2.45) is 0 Å². The van der Waals surface area contributed by atoms with E-state index in [1.165, 1.54) is 0 Å². The number of para-hydroxylation sites is 1. The van der Waals surface area contributed by atoms with Gasteiger partial charge in [0.15, 0.2) is 22.9 Å². The van der Waals surface area contributed by atoms with Crippen LogP contribution in [0.3, 0.4) is 0 Å². The molecule has 0 atom stereocenters. The van der Waals surface area contributed by atoms with Crippen LogP contribution in [-0.4, -0.2) is 16.8 Å². The normalized spacial score (nSPS) is 12.3. The van der Waals surface area contributed by atoms with Crippen LogP contribution in [0.4, 0.5) is 5.82 Å². The number of nitrogens with one attached hydrogen (secondary N) is 1. The van der Waals surface area contributed by atoms with E-state index in [2.05, 4.69) is 15.3 Å². The Morgan fingerprint density at radius 3 is 2.84 bits per heavy atom. The van der Waals surface area contributed by atoms with Crippen molar-refractivity contribution in [3.63, 3.8) is 0 Å². The molecule has 1 N–H and O–H groups in total. The number of nitrogens with zero attached hydrogens (tertiary/aromatic N) is 2. The van der Waals surface area contributed by atoms with Crippen molar-refractivity contribution in [1.29, 1.82) is 0 Å². The lowest BCUT2D eigenvalue weighted by atomic mass is 10.2. The predicted octanol–water partition coefficient (Wildman–Crippen LogP) is 4.14. The molecule has 2 aromatic carbocycles. The van der Waals surface area contributed by atoms with Gasteiger partial charge < -0.3 is 19.2 Å². The highest BCUT2D eigenvalue weighted by molar-refractivity contribution is 6.05. The molecule has 126 valence electrons. The van der Waals surface area contributed by atoms with E-state index in [1.807, 2.05) is 42.5 Å². The number of aromatic nitrogens is 2. The molecule has 5 rings (SSSR count). The number of halogens is 1. The molecule has 0 fully saturated rings. The van der Waals surface area contributed by atoms with Crippen LogP contribution in [0.15, 0.2) is 53.2 Å². The molecule has 0 bridgehead atoms. The first-order chi connectivity index (χ1) is 11.9. The molecule has 0 saturated carbocycles. The van der Waals surface area contributed by atoms with E-state index >= 15 is 0 Å². The summed E-state index contributed by atoms with van der Waals surface area (Å²) in [6, 6.07) is 13.7. The number of furan rings is 1. The summed E-state index contributed by atoms with van der Waals surface area (Å²) in [6.07, 6.45) is 1.55. The van der Waals surface area contributed by atoms with Crippen LogP contribution >= 0.6 is 12.4 Å². The molecule has 0 aliphatic carbocycles. The van der Waals surface area contributed by atoms with Gasteiger partial charge in [-0.25, -0.2) is 9.97 Å². The molecule has 1 aliphatic rings. The number of hydrogen-bond donors (Lipinski definition) is 1. The fraction of sp³-hybridized carbons (Fsp3) is 0.111. The van der Waals surface area contributed by atoms with Gasteiger partial charge >= 0.3 is 0 Å². The van der Waals surface area contributed by atoms with Gasteiger partial charge in [-0.1, -0.05) is 18.2 Å². The van der Waals surface area contributed by atoms with Crippen LogP contribution in [0.5, 0.6) is 11.5 Å². The monoisotopic (exact) mass is 355 g/mol. The number of benzene rings is 2. The summed E-state index contributed by atoms with van der Waals surface area (Å²) in [7, 11) is 0. The molecule has 3 heterocycles. The molecule has 6 nitrogen and oxygen atoms in total. The number of anilines is 1. The molecule has 2 aromatic heterocycles. The van der Waals surface area contributed by atoms with Crippen molar-refractivity contribution in [1.82, 2.24) is 9.97 Å². The van der Waals surface area contributed by atoms with Crippen LogP contribution in [0.25, 0.3) is 22.1 Å². The molecule has 25 heavy (non-hydrogen) atoms. The fourth-order valence-corrected chi connectivity index (χ4v) is 2.89. The van der Waals surface area contributed by atoms with Crippen molar-refractivity contribution in [3.8, 4) is 11.5 Å². The van der Waals surface area contributed by atoms with Gasteiger partial charge in [0.2, 0.25) is 6.79 Å². The molecule has 0 radical (unpaired) electrons. The van der Waals surface area contributed by atoms with Crippen molar-refractivity contribution in [2.75, 3.05) is 12.1 Å². The van der Waals surface area contributed by atoms with Crippen molar-refractivity contribution in [2.45, 2.75) is 6.54 Å². The van der Waals surface area contributed by atoms with E-state index in [9.17, 15) is 0 Å². The Morgan fingerprint density at radius 1 is 1.00 bits per heavy atom. The lowest BCUT2D eigenvalue weighted by molar-refractivity contribution is 0.174. The highest BCUT2D eigenvalue weighted by Crippen LogP contribution is 2.33. The number of rotatable bonds is 3. The Balaban J connectivity index is 0.00000157. The lowest BCUT2D eigenvalue weighted by Crippen LogP contribution is -2.02. The summed E-state index contributed by atoms with van der Waals surface area (Å²) in [5, 5.41) is 4.30. The Hall–Kier alpha value is -2.99. The Kier molecular flexibility index (Phi) is 3.82. The quantitative estimate of drug-likeness (QED) is 0.595. The minimum Gasteiger partial charge on any atom is -0.454 e. The van der Waals surface area contributed by atoms with E-state index in [0.29, 0.717) is 17.9 Å². The summed E-state index contributed by atoms with van der Waals surface area (Å²) in [5.74, 6) is 2.22. The molecule has 7 heteroatoms. The van der Waals surface area contributed by atoms with Gasteiger partial charge in [-0.2, -0.15) is 0 Å². The second kappa shape index (κ2) is 6.14. The maximum absolute atomic E-state index is 5.91. The second-order valence-electron chi connectivity index (χ2n) is 5.54. The van der Waals surface area contributed by atoms with Gasteiger partial charge in [-0.05, 0) is 29.8 Å². The predicted molar refractivity (Wildman–Crippen MR) is 96.4 cm³/mol. The smallest absolute Gasteiger partial charge is 0.231 e. The third kappa shape index (κ3) is 2.60. The highest BCUT2D eigenvalue weighted by atomic mass is 35.5. The van der Waals surface area contributed by atoms with Crippen LogP contribution in [0.1, 0.15) is 5.56 Å². The Bertz CT molecular complexity index is 1060. The van der Waals surface area contributed by atoms with E-state index in [-0.39, 0.29) is 19.2 Å². The zero-order valence-electron chi connectivity index (χ0n) is 13.1. The van der Waals surface area contributed by atoms with E-state index in [0.717, 1.165) is 33.5 Å². The van der Waals surface area contributed by atoms with Crippen molar-refractivity contribution >= 4 is 40.3 Å². The van der Waals surface area contributed by atoms with Gasteiger partial charge in [0.25, 0.3) is 0 Å². The van der Waals surface area contributed by atoms with Crippen LogP contribution in [0.2, 0.25) is 0 Å². The standard InChI is InChI=1S/C18H13N3O3.ClH/c1-2-4-13-12(3-1)16-17(24-13)18(21-9-20-16)19-8-11-5-6-14-15(7-11)23-10-22-14;/h1-7,9H,8,10H2,(H,19,20,21);1H. The molecule has 0 amide bonds. The fourth-order valence-electron chi connectivity index (χ4n) is 2.89. The van der Waals surface area contributed by atoms with Crippen LogP contribution < -0.4 is 14.8 Å². The average molecular weight is 356 g/mol. The SMILES string of the molecule is Cl.c1ccc2c(c1)oc1c(NCc3ccc4c(c3)OCO4)ncnc12. The number of ether oxygens (including phenoxy) is 2. The molecular weight excluding hydrogens is 342 g/mol. The van der Waals surface area contributed by atoms with E-state index in [1.54, 1.807) is 6.33 Å². The first kappa shape index (κ1) is 15.5. The highest BCUT2D eigenvalue weighted by Gasteiger charge is 2.15. The summed E-state index contributed by atoms with van der Waals surface area (Å²) >= 11 is 0. The second-order valence-corrected chi connectivity index (χ2v) is 5.54. The molecule has 4 aromatic rings. The van der Waals surface area contributed by atoms with Gasteiger partial charge in [-0.3, -0.25) is 0 Å². The summed E-state index contributed by atoms with van der Waals surface area (Å²) in [6.45, 7) is 0.873. The molecule has 0 spiro atoms. The topological polar surface area (TPSA) is 69.4 Å². The minimum absolute atomic E-state index is 0. The third-order valence-corrected chi connectivity index (χ3v) is 4.05. The summed E-state index contributed by atoms with van der Waals surface area (Å²) in [4.78, 5) is 8.67. The number of fused-ring (bicyclic) bond motifs is 4. The molecule has 0 unspecified atom stereocenters. The van der Waals surface area contributed by atoms with Crippen molar-refractivity contribution < 1.29 is 13.9 Å². The molecule has 1 aliphatic heterocycles. The third-order valence-electron chi connectivity index (χ3n) is 4.05.